The number of rotatable bonds is 4. The minimum atomic E-state index is -0.336. The molecule has 0 unspecified atom stereocenters. The molecular formula is C18H22N2O3. The average Bonchev–Trinajstić information content (AvgIpc) is 3.28. The van der Waals surface area contributed by atoms with Gasteiger partial charge >= 0.3 is 5.97 Å². The van der Waals surface area contributed by atoms with Gasteiger partial charge in [-0.15, -0.1) is 10.2 Å². The van der Waals surface area contributed by atoms with Gasteiger partial charge < -0.3 is 9.15 Å². The Hall–Kier alpha value is -2.17. The third-order valence-electron chi connectivity index (χ3n) is 4.94. The third kappa shape index (κ3) is 2.87. The molecule has 0 amide bonds. The summed E-state index contributed by atoms with van der Waals surface area (Å²) in [5, 5.41) is 7.94. The Kier molecular flexibility index (Phi) is 3.96. The molecule has 1 aliphatic rings. The van der Waals surface area contributed by atoms with E-state index in [0.717, 1.165) is 35.1 Å². The summed E-state index contributed by atoms with van der Waals surface area (Å²) >= 11 is 0. The summed E-state index contributed by atoms with van der Waals surface area (Å²) in [4.78, 5) is 12.5. The molecule has 1 heterocycles. The maximum Gasteiger partial charge on any atom is 0.339 e. The fourth-order valence-electron chi connectivity index (χ4n) is 2.83. The van der Waals surface area contributed by atoms with E-state index in [-0.39, 0.29) is 12.6 Å². The van der Waals surface area contributed by atoms with Gasteiger partial charge in [-0.05, 0) is 75.3 Å². The van der Waals surface area contributed by atoms with Crippen molar-refractivity contribution in [1.82, 2.24) is 10.2 Å². The number of carbonyl (C=O) groups is 1. The summed E-state index contributed by atoms with van der Waals surface area (Å²) in [6.07, 6.45) is 2.20. The molecule has 1 fully saturated rings. The normalized spacial score (nSPS) is 14.1. The first-order valence-corrected chi connectivity index (χ1v) is 7.96. The quantitative estimate of drug-likeness (QED) is 0.802. The second kappa shape index (κ2) is 5.80. The van der Waals surface area contributed by atoms with Crippen molar-refractivity contribution < 1.29 is 13.9 Å². The maximum absolute atomic E-state index is 12.5. The SMILES string of the molecule is Cc1c(C)c(C)c(C(=O)OCc2nnc(C3CC3)o2)c(C)c1C. The molecule has 1 saturated carbocycles. The number of hydrogen-bond acceptors (Lipinski definition) is 5. The zero-order valence-electron chi connectivity index (χ0n) is 14.3. The predicted octanol–water partition coefficient (Wildman–Crippen LogP) is 3.85. The number of benzene rings is 1. The van der Waals surface area contributed by atoms with E-state index in [0.29, 0.717) is 23.3 Å². The van der Waals surface area contributed by atoms with Crippen molar-refractivity contribution >= 4 is 5.97 Å². The van der Waals surface area contributed by atoms with Crippen LogP contribution in [0.5, 0.6) is 0 Å². The summed E-state index contributed by atoms with van der Waals surface area (Å²) in [6, 6.07) is 0. The van der Waals surface area contributed by atoms with Crippen molar-refractivity contribution in [3.05, 3.63) is 45.2 Å². The first-order valence-electron chi connectivity index (χ1n) is 7.96. The molecular weight excluding hydrogens is 292 g/mol. The van der Waals surface area contributed by atoms with E-state index in [1.54, 1.807) is 0 Å². The van der Waals surface area contributed by atoms with Crippen molar-refractivity contribution in [1.29, 1.82) is 0 Å². The Morgan fingerprint density at radius 2 is 1.57 bits per heavy atom. The van der Waals surface area contributed by atoms with Crippen LogP contribution in [0.4, 0.5) is 0 Å². The fraction of sp³-hybridized carbons (Fsp3) is 0.500. The first kappa shape index (κ1) is 15.7. The van der Waals surface area contributed by atoms with Crippen LogP contribution in [-0.4, -0.2) is 16.2 Å². The highest BCUT2D eigenvalue weighted by atomic mass is 16.5. The van der Waals surface area contributed by atoms with Gasteiger partial charge in [0.15, 0.2) is 6.61 Å². The molecule has 1 aromatic heterocycles. The topological polar surface area (TPSA) is 65.2 Å². The molecule has 0 atom stereocenters. The van der Waals surface area contributed by atoms with E-state index in [4.69, 9.17) is 9.15 Å². The Balaban J connectivity index is 1.77. The van der Waals surface area contributed by atoms with Gasteiger partial charge in [0.25, 0.3) is 5.89 Å². The lowest BCUT2D eigenvalue weighted by Crippen LogP contribution is -2.12. The molecule has 0 aliphatic heterocycles. The molecule has 5 nitrogen and oxygen atoms in total. The van der Waals surface area contributed by atoms with Crippen molar-refractivity contribution in [2.45, 2.75) is 60.0 Å². The van der Waals surface area contributed by atoms with E-state index in [1.165, 1.54) is 5.56 Å². The molecule has 0 spiro atoms. The van der Waals surface area contributed by atoms with Crippen LogP contribution in [0.3, 0.4) is 0 Å². The van der Waals surface area contributed by atoms with Gasteiger partial charge in [0.05, 0.1) is 5.56 Å². The number of carbonyl (C=O) groups excluding carboxylic acids is 1. The molecule has 0 bridgehead atoms. The molecule has 23 heavy (non-hydrogen) atoms. The molecule has 0 saturated heterocycles. The molecule has 3 rings (SSSR count). The zero-order valence-corrected chi connectivity index (χ0v) is 14.3. The molecule has 122 valence electrons. The van der Waals surface area contributed by atoms with Crippen LogP contribution in [0.25, 0.3) is 0 Å². The molecule has 1 aliphatic carbocycles. The second-order valence-corrected chi connectivity index (χ2v) is 6.38. The van der Waals surface area contributed by atoms with Crippen LogP contribution < -0.4 is 0 Å². The molecule has 0 radical (unpaired) electrons. The van der Waals surface area contributed by atoms with Crippen molar-refractivity contribution in [2.24, 2.45) is 0 Å². The Bertz CT molecular complexity index is 744. The van der Waals surface area contributed by atoms with Crippen LogP contribution in [0.15, 0.2) is 4.42 Å². The highest BCUT2D eigenvalue weighted by molar-refractivity contribution is 5.93. The monoisotopic (exact) mass is 314 g/mol. The van der Waals surface area contributed by atoms with Crippen LogP contribution in [-0.2, 0) is 11.3 Å². The highest BCUT2D eigenvalue weighted by Crippen LogP contribution is 2.39. The van der Waals surface area contributed by atoms with E-state index in [2.05, 4.69) is 17.1 Å². The van der Waals surface area contributed by atoms with Crippen LogP contribution in [0.1, 0.15) is 68.7 Å². The van der Waals surface area contributed by atoms with Gasteiger partial charge in [0.2, 0.25) is 5.89 Å². The molecule has 5 heteroatoms. The van der Waals surface area contributed by atoms with E-state index in [1.807, 2.05) is 27.7 Å². The zero-order chi connectivity index (χ0) is 16.7. The van der Waals surface area contributed by atoms with Crippen LogP contribution in [0.2, 0.25) is 0 Å². The predicted molar refractivity (Wildman–Crippen MR) is 85.5 cm³/mol. The maximum atomic E-state index is 12.5. The van der Waals surface area contributed by atoms with Crippen LogP contribution >= 0.6 is 0 Å². The number of aromatic nitrogens is 2. The first-order chi connectivity index (χ1) is 10.9. The number of esters is 1. The molecule has 1 aromatic carbocycles. The lowest BCUT2D eigenvalue weighted by molar-refractivity contribution is 0.0434. The number of hydrogen-bond donors (Lipinski definition) is 0. The molecule has 2 aromatic rings. The Labute approximate surface area is 136 Å². The summed E-state index contributed by atoms with van der Waals surface area (Å²) in [7, 11) is 0. The van der Waals surface area contributed by atoms with Crippen molar-refractivity contribution in [3.8, 4) is 0 Å². The van der Waals surface area contributed by atoms with Crippen molar-refractivity contribution in [2.75, 3.05) is 0 Å². The highest BCUT2D eigenvalue weighted by Gasteiger charge is 2.29. The van der Waals surface area contributed by atoms with Crippen LogP contribution in [0, 0.1) is 34.6 Å². The minimum absolute atomic E-state index is 0.0173. The number of nitrogens with zero attached hydrogens (tertiary/aromatic N) is 2. The van der Waals surface area contributed by atoms with Gasteiger partial charge in [-0.1, -0.05) is 0 Å². The Morgan fingerprint density at radius 3 is 2.13 bits per heavy atom. The molecule has 0 N–H and O–H groups in total. The van der Waals surface area contributed by atoms with E-state index >= 15 is 0 Å². The summed E-state index contributed by atoms with van der Waals surface area (Å²) in [5.41, 5.74) is 6.08. The summed E-state index contributed by atoms with van der Waals surface area (Å²) in [5.74, 6) is 1.08. The lowest BCUT2D eigenvalue weighted by atomic mass is 9.90. The largest absolute Gasteiger partial charge is 0.452 e. The summed E-state index contributed by atoms with van der Waals surface area (Å²) in [6.45, 7) is 10.1. The van der Waals surface area contributed by atoms with E-state index < -0.39 is 0 Å². The van der Waals surface area contributed by atoms with Gasteiger partial charge in [0, 0.05) is 5.92 Å². The van der Waals surface area contributed by atoms with Gasteiger partial charge in [-0.3, -0.25) is 0 Å². The minimum Gasteiger partial charge on any atom is -0.452 e. The lowest BCUT2D eigenvalue weighted by Gasteiger charge is -2.17. The average molecular weight is 314 g/mol. The fourth-order valence-corrected chi connectivity index (χ4v) is 2.83. The summed E-state index contributed by atoms with van der Waals surface area (Å²) < 4.78 is 10.9. The smallest absolute Gasteiger partial charge is 0.339 e. The Morgan fingerprint density at radius 1 is 1.00 bits per heavy atom. The van der Waals surface area contributed by atoms with Gasteiger partial charge in [0.1, 0.15) is 0 Å². The van der Waals surface area contributed by atoms with E-state index in [9.17, 15) is 4.79 Å². The van der Waals surface area contributed by atoms with Gasteiger partial charge in [-0.25, -0.2) is 4.79 Å². The standard InChI is InChI=1S/C18H22N2O3/c1-9-10(2)12(4)16(13(5)11(9)3)18(21)22-8-15-19-20-17(23-15)14-6-7-14/h14H,6-8H2,1-5H3. The van der Waals surface area contributed by atoms with Crippen molar-refractivity contribution in [3.63, 3.8) is 0 Å². The second-order valence-electron chi connectivity index (χ2n) is 6.38. The number of ether oxygens (including phenoxy) is 1. The third-order valence-corrected chi connectivity index (χ3v) is 4.94. The van der Waals surface area contributed by atoms with Gasteiger partial charge in [-0.2, -0.15) is 0 Å².